The molecule has 0 aliphatic carbocycles. The molecule has 3 aromatic rings. The van der Waals surface area contributed by atoms with Crippen LogP contribution in [0.2, 0.25) is 0 Å². The van der Waals surface area contributed by atoms with Gasteiger partial charge >= 0.3 is 0 Å². The summed E-state index contributed by atoms with van der Waals surface area (Å²) in [5, 5.41) is 2.37. The SMILES string of the molecule is CCOc1ccc(S(=O)(=O)N2CCN(C(=O)CCn3cnc4sccc4c3=O)CC2)cc1. The molecular formula is C21H24N4O5S2. The van der Waals surface area contributed by atoms with Crippen molar-refractivity contribution in [3.63, 3.8) is 0 Å². The van der Waals surface area contributed by atoms with Crippen LogP contribution in [0.5, 0.6) is 5.75 Å². The zero-order chi connectivity index (χ0) is 22.7. The maximum Gasteiger partial charge on any atom is 0.262 e. The molecule has 1 aliphatic heterocycles. The topological polar surface area (TPSA) is 102 Å². The molecule has 0 radical (unpaired) electrons. The van der Waals surface area contributed by atoms with Gasteiger partial charge in [0, 0.05) is 39.1 Å². The number of fused-ring (bicyclic) bond motifs is 1. The normalized spacial score (nSPS) is 15.2. The Morgan fingerprint density at radius 2 is 1.84 bits per heavy atom. The molecule has 170 valence electrons. The number of amides is 1. The molecule has 32 heavy (non-hydrogen) atoms. The number of piperazine rings is 1. The van der Waals surface area contributed by atoms with Crippen LogP contribution < -0.4 is 10.3 Å². The van der Waals surface area contributed by atoms with Gasteiger partial charge in [-0.25, -0.2) is 13.4 Å². The molecule has 1 aromatic carbocycles. The van der Waals surface area contributed by atoms with Crippen molar-refractivity contribution in [2.75, 3.05) is 32.8 Å². The van der Waals surface area contributed by atoms with Crippen LogP contribution in [-0.4, -0.2) is 65.9 Å². The van der Waals surface area contributed by atoms with Gasteiger partial charge in [0.25, 0.3) is 5.56 Å². The van der Waals surface area contributed by atoms with Gasteiger partial charge in [0.15, 0.2) is 0 Å². The molecule has 0 unspecified atom stereocenters. The molecule has 0 atom stereocenters. The number of hydrogen-bond acceptors (Lipinski definition) is 7. The molecule has 0 spiro atoms. The fraction of sp³-hybridized carbons (Fsp3) is 0.381. The lowest BCUT2D eigenvalue weighted by Crippen LogP contribution is -2.50. The van der Waals surface area contributed by atoms with Crippen LogP contribution in [-0.2, 0) is 21.4 Å². The van der Waals surface area contributed by atoms with Gasteiger partial charge in [-0.05, 0) is 42.6 Å². The zero-order valence-electron chi connectivity index (χ0n) is 17.6. The summed E-state index contributed by atoms with van der Waals surface area (Å²) < 4.78 is 34.0. The number of thiophene rings is 1. The number of nitrogens with zero attached hydrogens (tertiary/aromatic N) is 4. The van der Waals surface area contributed by atoms with Crippen molar-refractivity contribution in [1.29, 1.82) is 0 Å². The molecule has 0 bridgehead atoms. The van der Waals surface area contributed by atoms with Gasteiger partial charge in [0.2, 0.25) is 15.9 Å². The Kier molecular flexibility index (Phi) is 6.58. The van der Waals surface area contributed by atoms with Crippen molar-refractivity contribution in [1.82, 2.24) is 18.8 Å². The number of ether oxygens (including phenoxy) is 1. The van der Waals surface area contributed by atoms with Crippen LogP contribution >= 0.6 is 11.3 Å². The number of carbonyl (C=O) groups is 1. The molecule has 3 heterocycles. The number of rotatable bonds is 7. The summed E-state index contributed by atoms with van der Waals surface area (Å²) in [4.78, 5) is 31.9. The predicted octanol–water partition coefficient (Wildman–Crippen LogP) is 1.78. The lowest BCUT2D eigenvalue weighted by atomic mass is 10.3. The minimum absolute atomic E-state index is 0.111. The Labute approximate surface area is 189 Å². The first kappa shape index (κ1) is 22.4. The van der Waals surface area contributed by atoms with Gasteiger partial charge in [0.1, 0.15) is 10.6 Å². The average molecular weight is 477 g/mol. The van der Waals surface area contributed by atoms with Crippen LogP contribution in [0.3, 0.4) is 0 Å². The molecule has 9 nitrogen and oxygen atoms in total. The van der Waals surface area contributed by atoms with Crippen molar-refractivity contribution in [2.24, 2.45) is 0 Å². The summed E-state index contributed by atoms with van der Waals surface area (Å²) in [6.45, 7) is 3.69. The molecule has 2 aromatic heterocycles. The van der Waals surface area contributed by atoms with Gasteiger partial charge in [-0.15, -0.1) is 11.3 Å². The minimum Gasteiger partial charge on any atom is -0.494 e. The fourth-order valence-corrected chi connectivity index (χ4v) is 5.77. The molecule has 1 aliphatic rings. The minimum atomic E-state index is -3.63. The molecule has 0 saturated carbocycles. The van der Waals surface area contributed by atoms with E-state index in [1.54, 1.807) is 23.1 Å². The second kappa shape index (κ2) is 9.39. The van der Waals surface area contributed by atoms with Crippen molar-refractivity contribution in [3.8, 4) is 5.75 Å². The van der Waals surface area contributed by atoms with E-state index in [1.807, 2.05) is 12.3 Å². The number of carbonyl (C=O) groups excluding carboxylic acids is 1. The molecule has 0 N–H and O–H groups in total. The standard InChI is InChI=1S/C21H24N4O5S2/c1-2-30-16-3-5-17(6-4-16)32(28,29)25-12-10-23(11-13-25)19(26)7-9-24-15-22-20-18(21(24)27)8-14-31-20/h3-6,8,14-15H,2,7,9-13H2,1H3. The predicted molar refractivity (Wildman–Crippen MR) is 121 cm³/mol. The molecule has 4 rings (SSSR count). The lowest BCUT2D eigenvalue weighted by molar-refractivity contribution is -0.132. The highest BCUT2D eigenvalue weighted by Crippen LogP contribution is 2.21. The summed E-state index contributed by atoms with van der Waals surface area (Å²) in [5.74, 6) is 0.509. The van der Waals surface area contributed by atoms with E-state index in [-0.39, 0.29) is 42.4 Å². The van der Waals surface area contributed by atoms with E-state index < -0.39 is 10.0 Å². The Balaban J connectivity index is 1.33. The highest BCUT2D eigenvalue weighted by Gasteiger charge is 2.30. The molecule has 11 heteroatoms. The van der Waals surface area contributed by atoms with Crippen LogP contribution in [0.4, 0.5) is 0 Å². The van der Waals surface area contributed by atoms with Crippen LogP contribution in [0.1, 0.15) is 13.3 Å². The largest absolute Gasteiger partial charge is 0.494 e. The van der Waals surface area contributed by atoms with E-state index in [2.05, 4.69) is 4.98 Å². The molecule has 1 saturated heterocycles. The Morgan fingerprint density at radius 1 is 1.12 bits per heavy atom. The second-order valence-electron chi connectivity index (χ2n) is 7.32. The van der Waals surface area contributed by atoms with E-state index in [9.17, 15) is 18.0 Å². The molecular weight excluding hydrogens is 452 g/mol. The summed E-state index contributed by atoms with van der Waals surface area (Å²) in [6.07, 6.45) is 1.62. The number of hydrogen-bond donors (Lipinski definition) is 0. The number of aryl methyl sites for hydroxylation is 1. The third-order valence-electron chi connectivity index (χ3n) is 5.38. The zero-order valence-corrected chi connectivity index (χ0v) is 19.3. The Bertz CT molecular complexity index is 1260. The maximum atomic E-state index is 12.9. The van der Waals surface area contributed by atoms with Gasteiger partial charge in [-0.3, -0.25) is 14.2 Å². The first-order valence-corrected chi connectivity index (χ1v) is 12.7. The second-order valence-corrected chi connectivity index (χ2v) is 10.2. The smallest absolute Gasteiger partial charge is 0.262 e. The van der Waals surface area contributed by atoms with Gasteiger partial charge in [-0.2, -0.15) is 4.31 Å². The van der Waals surface area contributed by atoms with E-state index in [0.717, 1.165) is 0 Å². The van der Waals surface area contributed by atoms with Crippen molar-refractivity contribution < 1.29 is 17.9 Å². The van der Waals surface area contributed by atoms with Crippen LogP contribution in [0.25, 0.3) is 10.2 Å². The maximum absolute atomic E-state index is 12.9. The van der Waals surface area contributed by atoms with E-state index in [0.29, 0.717) is 35.7 Å². The Hall–Kier alpha value is -2.76. The monoisotopic (exact) mass is 476 g/mol. The molecule has 1 fully saturated rings. The van der Waals surface area contributed by atoms with Gasteiger partial charge in [0.05, 0.1) is 23.2 Å². The first-order valence-electron chi connectivity index (χ1n) is 10.3. The van der Waals surface area contributed by atoms with Crippen molar-refractivity contribution in [2.45, 2.75) is 24.8 Å². The average Bonchev–Trinajstić information content (AvgIpc) is 3.29. The number of benzene rings is 1. The van der Waals surface area contributed by atoms with Crippen molar-refractivity contribution in [3.05, 3.63) is 52.4 Å². The highest BCUT2D eigenvalue weighted by atomic mass is 32.2. The number of aromatic nitrogens is 2. The van der Waals surface area contributed by atoms with Crippen LogP contribution in [0, 0.1) is 0 Å². The summed E-state index contributed by atoms with van der Waals surface area (Å²) in [6, 6.07) is 8.08. The quantitative estimate of drug-likeness (QED) is 0.515. The Morgan fingerprint density at radius 3 is 2.53 bits per heavy atom. The summed E-state index contributed by atoms with van der Waals surface area (Å²) >= 11 is 1.40. The third-order valence-corrected chi connectivity index (χ3v) is 8.11. The summed E-state index contributed by atoms with van der Waals surface area (Å²) in [7, 11) is -3.63. The number of sulfonamides is 1. The van der Waals surface area contributed by atoms with E-state index in [1.165, 1.54) is 38.7 Å². The first-order chi connectivity index (χ1) is 15.4. The van der Waals surface area contributed by atoms with Crippen molar-refractivity contribution >= 4 is 37.5 Å². The van der Waals surface area contributed by atoms with E-state index >= 15 is 0 Å². The summed E-state index contributed by atoms with van der Waals surface area (Å²) in [5.41, 5.74) is -0.157. The van der Waals surface area contributed by atoms with Gasteiger partial charge < -0.3 is 9.64 Å². The third kappa shape index (κ3) is 4.54. The highest BCUT2D eigenvalue weighted by molar-refractivity contribution is 7.89. The van der Waals surface area contributed by atoms with Crippen LogP contribution in [0.15, 0.2) is 51.7 Å². The van der Waals surface area contributed by atoms with E-state index in [4.69, 9.17) is 4.74 Å². The van der Waals surface area contributed by atoms with Gasteiger partial charge in [-0.1, -0.05) is 0 Å². The molecule has 1 amide bonds. The lowest BCUT2D eigenvalue weighted by Gasteiger charge is -2.34. The fourth-order valence-electron chi connectivity index (χ4n) is 3.63.